The van der Waals surface area contributed by atoms with E-state index in [1.54, 1.807) is 24.3 Å². The van der Waals surface area contributed by atoms with Gasteiger partial charge in [-0.25, -0.2) is 13.1 Å². The van der Waals surface area contributed by atoms with Gasteiger partial charge < -0.3 is 5.73 Å². The van der Waals surface area contributed by atoms with Crippen molar-refractivity contribution in [3.63, 3.8) is 0 Å². The minimum Gasteiger partial charge on any atom is -0.324 e. The van der Waals surface area contributed by atoms with Crippen molar-refractivity contribution in [2.45, 2.75) is 51.1 Å². The Hall–Kier alpha value is -0.910. The van der Waals surface area contributed by atoms with Gasteiger partial charge in [-0.1, -0.05) is 26.0 Å². The zero-order chi connectivity index (χ0) is 14.6. The van der Waals surface area contributed by atoms with E-state index in [1.807, 2.05) is 13.8 Å². The van der Waals surface area contributed by atoms with E-state index in [0.717, 1.165) is 12.0 Å². The van der Waals surface area contributed by atoms with E-state index in [-0.39, 0.29) is 17.0 Å². The normalized spacial score (nSPS) is 15.5. The molecular weight excluding hydrogens is 260 g/mol. The van der Waals surface area contributed by atoms with Gasteiger partial charge in [0.2, 0.25) is 10.0 Å². The van der Waals surface area contributed by atoms with Gasteiger partial charge in [-0.05, 0) is 43.9 Å². The highest BCUT2D eigenvalue weighted by molar-refractivity contribution is 7.89. The summed E-state index contributed by atoms with van der Waals surface area (Å²) in [5.74, 6) is 0.457. The summed E-state index contributed by atoms with van der Waals surface area (Å²) < 4.78 is 27.0. The minimum atomic E-state index is -3.44. The van der Waals surface area contributed by atoms with E-state index in [1.165, 1.54) is 0 Å². The van der Waals surface area contributed by atoms with Crippen molar-refractivity contribution in [1.82, 2.24) is 4.72 Å². The number of hydrogen-bond donors (Lipinski definition) is 2. The Morgan fingerprint density at radius 3 is 2.05 bits per heavy atom. The Balaban J connectivity index is 2.82. The fourth-order valence-electron chi connectivity index (χ4n) is 2.04. The number of nitrogens with one attached hydrogen (secondary N) is 1. The molecular formula is C14H24N2O2S. The quantitative estimate of drug-likeness (QED) is 0.842. The standard InChI is InChI=1S/C14H24N2O2S/c1-10(2)9-11(3)16-19(17,18)14-7-5-13(6-8-14)12(4)15/h5-8,10-12,16H,9,15H2,1-4H3. The van der Waals surface area contributed by atoms with Gasteiger partial charge in [-0.15, -0.1) is 0 Å². The van der Waals surface area contributed by atoms with Gasteiger partial charge in [0, 0.05) is 12.1 Å². The van der Waals surface area contributed by atoms with Gasteiger partial charge in [0.05, 0.1) is 4.90 Å². The first-order chi connectivity index (χ1) is 8.72. The summed E-state index contributed by atoms with van der Waals surface area (Å²) in [5.41, 5.74) is 6.67. The second kappa shape index (κ2) is 6.50. The average Bonchev–Trinajstić information content (AvgIpc) is 2.27. The second-order valence-electron chi connectivity index (χ2n) is 5.51. The van der Waals surface area contributed by atoms with Crippen LogP contribution in [0.5, 0.6) is 0 Å². The predicted molar refractivity (Wildman–Crippen MR) is 78.3 cm³/mol. The Labute approximate surface area is 116 Å². The van der Waals surface area contributed by atoms with Crippen molar-refractivity contribution in [3.8, 4) is 0 Å². The van der Waals surface area contributed by atoms with E-state index in [0.29, 0.717) is 5.92 Å². The largest absolute Gasteiger partial charge is 0.324 e. The zero-order valence-electron chi connectivity index (χ0n) is 12.1. The van der Waals surface area contributed by atoms with Crippen LogP contribution in [0.4, 0.5) is 0 Å². The number of nitrogens with two attached hydrogens (primary N) is 1. The molecule has 1 aromatic rings. The maximum atomic E-state index is 12.2. The molecule has 0 saturated heterocycles. The third-order valence-electron chi connectivity index (χ3n) is 2.90. The fraction of sp³-hybridized carbons (Fsp3) is 0.571. The van der Waals surface area contributed by atoms with Crippen LogP contribution in [-0.2, 0) is 10.0 Å². The molecule has 0 bridgehead atoms. The molecule has 19 heavy (non-hydrogen) atoms. The van der Waals surface area contributed by atoms with Crippen LogP contribution in [0, 0.1) is 5.92 Å². The van der Waals surface area contributed by atoms with E-state index in [9.17, 15) is 8.42 Å². The summed E-state index contributed by atoms with van der Waals surface area (Å²) in [5, 5.41) is 0. The van der Waals surface area contributed by atoms with E-state index < -0.39 is 10.0 Å². The molecule has 0 aliphatic carbocycles. The lowest BCUT2D eigenvalue weighted by molar-refractivity contribution is 0.482. The smallest absolute Gasteiger partial charge is 0.240 e. The first-order valence-corrected chi connectivity index (χ1v) is 8.08. The first kappa shape index (κ1) is 16.1. The molecule has 0 radical (unpaired) electrons. The molecule has 0 aliphatic rings. The van der Waals surface area contributed by atoms with Gasteiger partial charge in [0.1, 0.15) is 0 Å². The molecule has 0 fully saturated rings. The summed E-state index contributed by atoms with van der Waals surface area (Å²) in [7, 11) is -3.44. The van der Waals surface area contributed by atoms with Crippen LogP contribution in [0.3, 0.4) is 0 Å². The van der Waals surface area contributed by atoms with Crippen molar-refractivity contribution in [3.05, 3.63) is 29.8 Å². The molecule has 108 valence electrons. The van der Waals surface area contributed by atoms with Gasteiger partial charge in [-0.3, -0.25) is 0 Å². The summed E-state index contributed by atoms with van der Waals surface area (Å²) in [4.78, 5) is 0.285. The van der Waals surface area contributed by atoms with Crippen LogP contribution in [-0.4, -0.2) is 14.5 Å². The Kier molecular flexibility index (Phi) is 5.52. The Bertz CT molecular complexity index is 493. The van der Waals surface area contributed by atoms with Crippen LogP contribution in [0.15, 0.2) is 29.2 Å². The molecule has 0 aromatic heterocycles. The lowest BCUT2D eigenvalue weighted by Gasteiger charge is -2.16. The molecule has 4 nitrogen and oxygen atoms in total. The molecule has 0 saturated carbocycles. The second-order valence-corrected chi connectivity index (χ2v) is 7.22. The molecule has 2 unspecified atom stereocenters. The molecule has 0 spiro atoms. The van der Waals surface area contributed by atoms with Crippen molar-refractivity contribution < 1.29 is 8.42 Å². The number of benzene rings is 1. The van der Waals surface area contributed by atoms with Gasteiger partial charge in [0.15, 0.2) is 0 Å². The van der Waals surface area contributed by atoms with Crippen LogP contribution >= 0.6 is 0 Å². The third kappa shape index (κ3) is 4.93. The van der Waals surface area contributed by atoms with Crippen molar-refractivity contribution >= 4 is 10.0 Å². The van der Waals surface area contributed by atoms with E-state index in [2.05, 4.69) is 18.6 Å². The number of hydrogen-bond acceptors (Lipinski definition) is 3. The SMILES string of the molecule is CC(C)CC(C)NS(=O)(=O)c1ccc(C(C)N)cc1. The van der Waals surface area contributed by atoms with E-state index >= 15 is 0 Å². The minimum absolute atomic E-state index is 0.0712. The molecule has 5 heteroatoms. The van der Waals surface area contributed by atoms with Crippen LogP contribution in [0.2, 0.25) is 0 Å². The molecule has 3 N–H and O–H groups in total. The number of rotatable bonds is 6. The maximum absolute atomic E-state index is 12.2. The van der Waals surface area contributed by atoms with Crippen LogP contribution < -0.4 is 10.5 Å². The fourth-order valence-corrected chi connectivity index (χ4v) is 3.30. The summed E-state index contributed by atoms with van der Waals surface area (Å²) in [6, 6.07) is 6.55. The molecule has 0 aliphatic heterocycles. The lowest BCUT2D eigenvalue weighted by Crippen LogP contribution is -2.33. The van der Waals surface area contributed by atoms with Gasteiger partial charge in [-0.2, -0.15) is 0 Å². The van der Waals surface area contributed by atoms with Crippen LogP contribution in [0.1, 0.15) is 45.7 Å². The highest BCUT2D eigenvalue weighted by Gasteiger charge is 2.18. The lowest BCUT2D eigenvalue weighted by atomic mass is 10.1. The highest BCUT2D eigenvalue weighted by Crippen LogP contribution is 2.15. The summed E-state index contributed by atoms with van der Waals surface area (Å²) >= 11 is 0. The Morgan fingerprint density at radius 2 is 1.63 bits per heavy atom. The van der Waals surface area contributed by atoms with E-state index in [4.69, 9.17) is 5.73 Å². The third-order valence-corrected chi connectivity index (χ3v) is 4.50. The molecule has 1 rings (SSSR count). The number of sulfonamides is 1. The monoisotopic (exact) mass is 284 g/mol. The van der Waals surface area contributed by atoms with Crippen molar-refractivity contribution in [1.29, 1.82) is 0 Å². The predicted octanol–water partition coefficient (Wildman–Crippen LogP) is 2.42. The first-order valence-electron chi connectivity index (χ1n) is 6.60. The van der Waals surface area contributed by atoms with Crippen molar-refractivity contribution in [2.75, 3.05) is 0 Å². The molecule has 0 amide bonds. The van der Waals surface area contributed by atoms with Gasteiger partial charge in [0.25, 0.3) is 0 Å². The zero-order valence-corrected chi connectivity index (χ0v) is 12.9. The van der Waals surface area contributed by atoms with Gasteiger partial charge >= 0.3 is 0 Å². The molecule has 1 aromatic carbocycles. The maximum Gasteiger partial charge on any atom is 0.240 e. The van der Waals surface area contributed by atoms with Crippen LogP contribution in [0.25, 0.3) is 0 Å². The Morgan fingerprint density at radius 1 is 1.11 bits per heavy atom. The molecule has 0 heterocycles. The average molecular weight is 284 g/mol. The highest BCUT2D eigenvalue weighted by atomic mass is 32.2. The summed E-state index contributed by atoms with van der Waals surface area (Å²) in [6.07, 6.45) is 0.817. The van der Waals surface area contributed by atoms with Crippen molar-refractivity contribution in [2.24, 2.45) is 11.7 Å². The molecule has 2 atom stereocenters. The summed E-state index contributed by atoms with van der Waals surface area (Å²) in [6.45, 7) is 7.89. The topological polar surface area (TPSA) is 72.2 Å².